The lowest BCUT2D eigenvalue weighted by molar-refractivity contribution is 0.260. The molecule has 0 atom stereocenters. The van der Waals surface area contributed by atoms with E-state index in [1.807, 2.05) is 36.6 Å². The fourth-order valence-electron chi connectivity index (χ4n) is 1.75. The van der Waals surface area contributed by atoms with Crippen LogP contribution in [0.3, 0.4) is 0 Å². The number of para-hydroxylation sites is 1. The normalized spacial score (nSPS) is 10.7. The van der Waals surface area contributed by atoms with Crippen LogP contribution in [0.15, 0.2) is 40.3 Å². The summed E-state index contributed by atoms with van der Waals surface area (Å²) in [7, 11) is 0. The molecule has 1 aromatic carbocycles. The van der Waals surface area contributed by atoms with Gasteiger partial charge in [0.05, 0.1) is 5.56 Å². The summed E-state index contributed by atoms with van der Waals surface area (Å²) in [5.41, 5.74) is 0.970. The predicted molar refractivity (Wildman–Crippen MR) is 75.6 cm³/mol. The van der Waals surface area contributed by atoms with Crippen molar-refractivity contribution in [1.82, 2.24) is 15.2 Å². The summed E-state index contributed by atoms with van der Waals surface area (Å²) in [5.74, 6) is 1.87. The molecule has 0 saturated heterocycles. The Labute approximate surface area is 120 Å². The van der Waals surface area contributed by atoms with Crippen LogP contribution in [0.5, 0.6) is 5.75 Å². The lowest BCUT2D eigenvalue weighted by atomic mass is 10.2. The van der Waals surface area contributed by atoms with Gasteiger partial charge in [-0.3, -0.25) is 0 Å². The van der Waals surface area contributed by atoms with Gasteiger partial charge in [-0.2, -0.15) is 0 Å². The Morgan fingerprint density at radius 2 is 2.05 bits per heavy atom. The van der Waals surface area contributed by atoms with Crippen LogP contribution in [0.2, 0.25) is 0 Å². The van der Waals surface area contributed by atoms with Crippen molar-refractivity contribution < 1.29 is 9.15 Å². The van der Waals surface area contributed by atoms with Crippen LogP contribution in [-0.2, 0) is 13.0 Å². The topological polar surface area (TPSA) is 61.0 Å². The second-order valence-electron chi connectivity index (χ2n) is 4.07. The van der Waals surface area contributed by atoms with Gasteiger partial charge in [0.2, 0.25) is 5.89 Å². The molecule has 3 rings (SSSR count). The average Bonchev–Trinajstić information content (AvgIpc) is 3.17. The predicted octanol–water partition coefficient (Wildman–Crippen LogP) is 3.33. The number of hydrogen-bond acceptors (Lipinski definition) is 6. The number of thiazole rings is 1. The second-order valence-corrected chi connectivity index (χ2v) is 4.96. The van der Waals surface area contributed by atoms with E-state index in [-0.39, 0.29) is 6.61 Å². The van der Waals surface area contributed by atoms with E-state index in [9.17, 15) is 0 Å². The van der Waals surface area contributed by atoms with Gasteiger partial charge in [-0.1, -0.05) is 19.1 Å². The first-order valence-corrected chi connectivity index (χ1v) is 7.17. The zero-order chi connectivity index (χ0) is 13.8. The van der Waals surface area contributed by atoms with Gasteiger partial charge in [-0.15, -0.1) is 21.5 Å². The van der Waals surface area contributed by atoms with Crippen molar-refractivity contribution >= 4 is 11.3 Å². The van der Waals surface area contributed by atoms with Gasteiger partial charge >= 0.3 is 0 Å². The third-order valence-corrected chi connectivity index (χ3v) is 3.52. The molecule has 0 radical (unpaired) electrons. The highest BCUT2D eigenvalue weighted by Gasteiger charge is 2.10. The van der Waals surface area contributed by atoms with Gasteiger partial charge in [-0.25, -0.2) is 4.98 Å². The van der Waals surface area contributed by atoms with E-state index in [0.29, 0.717) is 11.8 Å². The Bertz CT molecular complexity index is 679. The lowest BCUT2D eigenvalue weighted by Crippen LogP contribution is -1.97. The number of aromatic nitrogens is 3. The highest BCUT2D eigenvalue weighted by molar-refractivity contribution is 7.13. The zero-order valence-corrected chi connectivity index (χ0v) is 11.8. The molecule has 0 unspecified atom stereocenters. The molecule has 2 heterocycles. The number of rotatable bonds is 5. The third-order valence-electron chi connectivity index (χ3n) is 2.71. The Hall–Kier alpha value is -2.21. The van der Waals surface area contributed by atoms with E-state index in [4.69, 9.17) is 9.15 Å². The van der Waals surface area contributed by atoms with Crippen molar-refractivity contribution in [3.63, 3.8) is 0 Å². The zero-order valence-electron chi connectivity index (χ0n) is 10.9. The minimum Gasteiger partial charge on any atom is -0.483 e. The van der Waals surface area contributed by atoms with E-state index >= 15 is 0 Å². The molecule has 0 aliphatic rings. The van der Waals surface area contributed by atoms with E-state index in [1.54, 1.807) is 17.5 Å². The standard InChI is InChI=1S/C14H13N3O2S/c1-2-12-16-17-13(19-12)9-18-11-6-4-3-5-10(11)14-15-7-8-20-14/h3-8H,2,9H2,1H3. The molecule has 0 fully saturated rings. The van der Waals surface area contributed by atoms with Gasteiger partial charge < -0.3 is 9.15 Å². The Kier molecular flexibility index (Phi) is 3.73. The van der Waals surface area contributed by atoms with E-state index in [2.05, 4.69) is 15.2 Å². The number of ether oxygens (including phenoxy) is 1. The van der Waals surface area contributed by atoms with Crippen molar-refractivity contribution in [3.05, 3.63) is 47.6 Å². The Morgan fingerprint density at radius 1 is 1.20 bits per heavy atom. The van der Waals surface area contributed by atoms with Crippen molar-refractivity contribution in [2.75, 3.05) is 0 Å². The minimum atomic E-state index is 0.259. The first-order chi connectivity index (χ1) is 9.86. The average molecular weight is 287 g/mol. The van der Waals surface area contributed by atoms with Crippen molar-refractivity contribution in [2.24, 2.45) is 0 Å². The Morgan fingerprint density at radius 3 is 2.80 bits per heavy atom. The molecule has 0 bridgehead atoms. The lowest BCUT2D eigenvalue weighted by Gasteiger charge is -2.07. The maximum atomic E-state index is 5.78. The van der Waals surface area contributed by atoms with Crippen LogP contribution < -0.4 is 4.74 Å². The summed E-state index contributed by atoms with van der Waals surface area (Å²) in [4.78, 5) is 4.31. The minimum absolute atomic E-state index is 0.259. The van der Waals surface area contributed by atoms with Gasteiger partial charge in [0, 0.05) is 18.0 Å². The molecule has 0 aliphatic heterocycles. The van der Waals surface area contributed by atoms with Gasteiger partial charge in [-0.05, 0) is 12.1 Å². The van der Waals surface area contributed by atoms with E-state index < -0.39 is 0 Å². The van der Waals surface area contributed by atoms with Gasteiger partial charge in [0.1, 0.15) is 10.8 Å². The van der Waals surface area contributed by atoms with Crippen LogP contribution in [-0.4, -0.2) is 15.2 Å². The van der Waals surface area contributed by atoms with Crippen LogP contribution in [0.1, 0.15) is 18.7 Å². The van der Waals surface area contributed by atoms with E-state index in [1.165, 1.54) is 0 Å². The largest absolute Gasteiger partial charge is 0.483 e. The fraction of sp³-hybridized carbons (Fsp3) is 0.214. The fourth-order valence-corrected chi connectivity index (χ4v) is 2.42. The van der Waals surface area contributed by atoms with Crippen LogP contribution in [0.25, 0.3) is 10.6 Å². The monoisotopic (exact) mass is 287 g/mol. The number of nitrogens with zero attached hydrogens (tertiary/aromatic N) is 3. The maximum Gasteiger partial charge on any atom is 0.253 e. The smallest absolute Gasteiger partial charge is 0.253 e. The highest BCUT2D eigenvalue weighted by atomic mass is 32.1. The molecule has 0 aliphatic carbocycles. The van der Waals surface area contributed by atoms with Crippen LogP contribution >= 0.6 is 11.3 Å². The second kappa shape index (κ2) is 5.83. The summed E-state index contributed by atoms with van der Waals surface area (Å²) in [6.45, 7) is 2.23. The molecular weight excluding hydrogens is 274 g/mol. The van der Waals surface area contributed by atoms with Crippen molar-refractivity contribution in [2.45, 2.75) is 20.0 Å². The highest BCUT2D eigenvalue weighted by Crippen LogP contribution is 2.31. The molecule has 20 heavy (non-hydrogen) atoms. The molecule has 6 heteroatoms. The van der Waals surface area contributed by atoms with Crippen molar-refractivity contribution in [3.8, 4) is 16.3 Å². The molecule has 102 valence electrons. The van der Waals surface area contributed by atoms with Gasteiger partial charge in [0.25, 0.3) is 5.89 Å². The summed E-state index contributed by atoms with van der Waals surface area (Å²) < 4.78 is 11.2. The number of benzene rings is 1. The van der Waals surface area contributed by atoms with Gasteiger partial charge in [0.15, 0.2) is 6.61 Å². The summed E-state index contributed by atoms with van der Waals surface area (Å²) in [6, 6.07) is 7.79. The third kappa shape index (κ3) is 2.70. The maximum absolute atomic E-state index is 5.78. The number of aryl methyl sites for hydroxylation is 1. The molecule has 0 spiro atoms. The van der Waals surface area contributed by atoms with E-state index in [0.717, 1.165) is 22.7 Å². The molecule has 2 aromatic heterocycles. The molecule has 0 saturated carbocycles. The molecule has 0 amide bonds. The summed E-state index contributed by atoms with van der Waals surface area (Å²) in [5, 5.41) is 10.7. The number of hydrogen-bond donors (Lipinski definition) is 0. The summed E-state index contributed by atoms with van der Waals surface area (Å²) >= 11 is 1.58. The molecule has 0 N–H and O–H groups in total. The first kappa shape index (κ1) is 12.8. The molecular formula is C14H13N3O2S. The molecule has 3 aromatic rings. The Balaban J connectivity index is 1.77. The quantitative estimate of drug-likeness (QED) is 0.720. The molecule has 5 nitrogen and oxygen atoms in total. The van der Waals surface area contributed by atoms with Crippen LogP contribution in [0.4, 0.5) is 0 Å². The summed E-state index contributed by atoms with van der Waals surface area (Å²) in [6.07, 6.45) is 2.50. The van der Waals surface area contributed by atoms with Crippen molar-refractivity contribution in [1.29, 1.82) is 0 Å². The first-order valence-electron chi connectivity index (χ1n) is 6.29. The van der Waals surface area contributed by atoms with Crippen LogP contribution in [0, 0.1) is 0 Å². The SMILES string of the molecule is CCc1nnc(COc2ccccc2-c2nccs2)o1.